The number of amides is 3. The lowest BCUT2D eigenvalue weighted by molar-refractivity contribution is -0.213. The minimum absolute atomic E-state index is 0.0734. The fourth-order valence-corrected chi connectivity index (χ4v) is 8.02. The number of rotatable bonds is 24. The Morgan fingerprint density at radius 3 is 2.31 bits per heavy atom. The van der Waals surface area contributed by atoms with Crippen LogP contribution in [0.15, 0.2) is 29.6 Å². The van der Waals surface area contributed by atoms with Crippen LogP contribution < -0.4 is 10.6 Å². The smallest absolute Gasteiger partial charge is 0.306 e. The van der Waals surface area contributed by atoms with Gasteiger partial charge in [0.15, 0.2) is 6.10 Å². The van der Waals surface area contributed by atoms with Crippen molar-refractivity contribution >= 4 is 41.0 Å². The molecule has 1 aliphatic heterocycles. The summed E-state index contributed by atoms with van der Waals surface area (Å²) in [5.74, 6) is -3.66. The van der Waals surface area contributed by atoms with Crippen LogP contribution in [0.2, 0.25) is 0 Å². The number of phenols is 1. The molecule has 324 valence electrons. The fraction of sp³-hybridized carbons (Fsp3) is 0.674. The van der Waals surface area contributed by atoms with E-state index in [9.17, 15) is 34.2 Å². The van der Waals surface area contributed by atoms with Crippen molar-refractivity contribution < 1.29 is 43.8 Å². The molecular weight excluding hydrogens is 763 g/mol. The number of likely N-dealkylation sites (N-methyl/N-ethyl adjacent to an activating group) is 1. The first kappa shape index (κ1) is 48.3. The number of esters is 1. The number of carbonyl (C=O) groups excluding carboxylic acids is 4. The molecule has 0 radical (unpaired) electrons. The third-order valence-electron chi connectivity index (χ3n) is 11.0. The van der Waals surface area contributed by atoms with E-state index in [-0.39, 0.29) is 60.6 Å². The molecule has 2 heterocycles. The maximum absolute atomic E-state index is 14.8. The van der Waals surface area contributed by atoms with Gasteiger partial charge in [-0.05, 0) is 75.2 Å². The van der Waals surface area contributed by atoms with Crippen LogP contribution in [-0.4, -0.2) is 99.2 Å². The van der Waals surface area contributed by atoms with Gasteiger partial charge in [-0.1, -0.05) is 85.8 Å². The molecule has 1 aromatic heterocycles. The summed E-state index contributed by atoms with van der Waals surface area (Å²) in [4.78, 5) is 79.4. The van der Waals surface area contributed by atoms with Crippen LogP contribution in [0.3, 0.4) is 0 Å². The van der Waals surface area contributed by atoms with Crippen LogP contribution in [0.25, 0.3) is 0 Å². The lowest BCUT2D eigenvalue weighted by atomic mass is 9.93. The van der Waals surface area contributed by atoms with E-state index in [1.165, 1.54) is 24.1 Å². The number of nitrogens with zero attached hydrogens (tertiary/aromatic N) is 3. The highest BCUT2D eigenvalue weighted by Crippen LogP contribution is 2.32. The van der Waals surface area contributed by atoms with Crippen molar-refractivity contribution in [3.05, 3.63) is 45.9 Å². The number of hydrogen-bond donors (Lipinski definition) is 4. The number of piperidine rings is 1. The van der Waals surface area contributed by atoms with Crippen LogP contribution in [0.4, 0.5) is 0 Å². The van der Waals surface area contributed by atoms with Gasteiger partial charge in [0.25, 0.3) is 11.8 Å². The number of carboxylic acid groups (broad SMARTS) is 1. The van der Waals surface area contributed by atoms with Crippen LogP contribution in [-0.2, 0) is 35.2 Å². The number of hydrogen-bond acceptors (Lipinski definition) is 11. The Morgan fingerprint density at radius 1 is 1.00 bits per heavy atom. The van der Waals surface area contributed by atoms with Gasteiger partial charge < -0.3 is 25.6 Å². The molecule has 15 heteroatoms. The van der Waals surface area contributed by atoms with Gasteiger partial charge in [-0.2, -0.15) is 0 Å². The molecule has 58 heavy (non-hydrogen) atoms. The monoisotopic (exact) mass is 829 g/mol. The summed E-state index contributed by atoms with van der Waals surface area (Å²) < 4.78 is 5.85. The second kappa shape index (κ2) is 24.1. The number of likely N-dealkylation sites (tertiary alicyclic amines) is 1. The van der Waals surface area contributed by atoms with Crippen molar-refractivity contribution in [2.75, 3.05) is 20.2 Å². The van der Waals surface area contributed by atoms with Crippen molar-refractivity contribution in [1.82, 2.24) is 25.6 Å². The van der Waals surface area contributed by atoms with E-state index in [1.54, 1.807) is 24.4 Å². The molecule has 3 amide bonds. The van der Waals surface area contributed by atoms with Crippen LogP contribution >= 0.6 is 11.3 Å². The number of carbonyl (C=O) groups is 5. The number of unbranched alkanes of at least 4 members (excludes halogenated alkanes) is 3. The number of hydroxylamine groups is 2. The second-order valence-electron chi connectivity index (χ2n) is 16.2. The Labute approximate surface area is 348 Å². The molecule has 7 atom stereocenters. The van der Waals surface area contributed by atoms with Crippen molar-refractivity contribution in [3.63, 3.8) is 0 Å². The minimum Gasteiger partial charge on any atom is -0.508 e. The minimum atomic E-state index is -0.989. The van der Waals surface area contributed by atoms with Crippen molar-refractivity contribution in [1.29, 1.82) is 0 Å². The van der Waals surface area contributed by atoms with Gasteiger partial charge in [0.1, 0.15) is 22.5 Å². The summed E-state index contributed by atoms with van der Waals surface area (Å²) in [5.41, 5.74) is 0.877. The lowest BCUT2D eigenvalue weighted by Gasteiger charge is -2.39. The van der Waals surface area contributed by atoms with Crippen molar-refractivity contribution in [2.24, 2.45) is 17.8 Å². The SMILES string of the molecule is CCCCCCON(C(=O)C(NC(=O)[C@H]1CCCCN1C)C(C)CC)C(CC(OC(C)=O)c1nc(C(=O)NC(Cc2ccc(O)cc2)CC(C)C(=O)O)cs1)C(C)C. The molecule has 3 rings (SSSR count). The number of thiazole rings is 1. The molecule has 4 N–H and O–H groups in total. The Bertz CT molecular complexity index is 1620. The predicted octanol–water partition coefficient (Wildman–Crippen LogP) is 6.68. The average Bonchev–Trinajstić information content (AvgIpc) is 3.68. The third-order valence-corrected chi connectivity index (χ3v) is 11.9. The maximum Gasteiger partial charge on any atom is 0.306 e. The van der Waals surface area contributed by atoms with E-state index < -0.39 is 48.0 Å². The van der Waals surface area contributed by atoms with E-state index in [2.05, 4.69) is 22.5 Å². The van der Waals surface area contributed by atoms with Gasteiger partial charge in [-0.15, -0.1) is 11.3 Å². The fourth-order valence-electron chi connectivity index (χ4n) is 7.18. The normalized spacial score (nSPS) is 17.7. The Kier molecular flexibility index (Phi) is 20.1. The molecule has 0 saturated carbocycles. The van der Waals surface area contributed by atoms with E-state index in [1.807, 2.05) is 39.6 Å². The summed E-state index contributed by atoms with van der Waals surface area (Å²) in [6.45, 7) is 13.9. The molecular formula is C43H67N5O9S. The van der Waals surface area contributed by atoms with Crippen LogP contribution in [0.5, 0.6) is 5.75 Å². The summed E-state index contributed by atoms with van der Waals surface area (Å²) in [6, 6.07) is 4.14. The van der Waals surface area contributed by atoms with Crippen LogP contribution in [0, 0.1) is 17.8 Å². The van der Waals surface area contributed by atoms with Crippen molar-refractivity contribution in [3.8, 4) is 5.75 Å². The predicted molar refractivity (Wildman–Crippen MR) is 223 cm³/mol. The third kappa shape index (κ3) is 14.9. The number of aromatic hydroxyl groups is 1. The summed E-state index contributed by atoms with van der Waals surface area (Å²) in [6.07, 6.45) is 6.68. The number of aromatic nitrogens is 1. The zero-order chi connectivity index (χ0) is 42.9. The molecule has 1 aliphatic rings. The largest absolute Gasteiger partial charge is 0.508 e. The highest BCUT2D eigenvalue weighted by atomic mass is 32.1. The first-order valence-electron chi connectivity index (χ1n) is 21.0. The van der Waals surface area contributed by atoms with E-state index >= 15 is 0 Å². The number of phenolic OH excluding ortho intramolecular Hbond substituents is 1. The first-order chi connectivity index (χ1) is 27.6. The van der Waals surface area contributed by atoms with Gasteiger partial charge in [0.05, 0.1) is 24.6 Å². The number of nitrogens with one attached hydrogen (secondary N) is 2. The number of carboxylic acids is 1. The average molecular weight is 830 g/mol. The Hall–Kier alpha value is -4.08. The number of benzene rings is 1. The number of ether oxygens (including phenoxy) is 1. The van der Waals surface area contributed by atoms with E-state index in [4.69, 9.17) is 9.57 Å². The standard InChI is InChI=1S/C43H67N5O9S/c1-9-11-12-15-22-56-48(42(53)38(28(5)10-2)46-40(52)35-16-13-14-21-47(35)8)36(27(3)4)25-37(57-30(7)49)41-45-34(26-58-41)39(51)44-32(23-29(6)43(54)55)24-31-17-19-33(50)20-18-31/h17-20,26-29,32,35-38,50H,9-16,21-25H2,1-8H3,(H,44,51)(H,46,52)(H,54,55)/t28?,29?,32?,35-,36?,37?,38?/m1/s1. The molecule has 1 saturated heterocycles. The second-order valence-corrected chi connectivity index (χ2v) is 17.0. The molecule has 0 bridgehead atoms. The number of aliphatic carboxylic acids is 1. The quantitative estimate of drug-likeness (QED) is 0.0503. The molecule has 6 unspecified atom stereocenters. The summed E-state index contributed by atoms with van der Waals surface area (Å²) in [7, 11) is 1.93. The van der Waals surface area contributed by atoms with E-state index in [0.29, 0.717) is 24.3 Å². The van der Waals surface area contributed by atoms with Crippen LogP contribution in [0.1, 0.15) is 140 Å². The molecule has 1 fully saturated rings. The molecule has 2 aromatic rings. The van der Waals surface area contributed by atoms with Crippen molar-refractivity contribution in [2.45, 2.75) is 149 Å². The van der Waals surface area contributed by atoms with Gasteiger partial charge in [0.2, 0.25) is 5.91 Å². The van der Waals surface area contributed by atoms with Gasteiger partial charge >= 0.3 is 11.9 Å². The van der Waals surface area contributed by atoms with E-state index in [0.717, 1.165) is 62.0 Å². The van der Waals surface area contributed by atoms with Gasteiger partial charge in [0, 0.05) is 24.8 Å². The maximum atomic E-state index is 14.8. The summed E-state index contributed by atoms with van der Waals surface area (Å²) in [5, 5.41) is 28.7. The lowest BCUT2D eigenvalue weighted by Crippen LogP contribution is -2.58. The van der Waals surface area contributed by atoms with Gasteiger partial charge in [-0.25, -0.2) is 10.0 Å². The molecule has 14 nitrogen and oxygen atoms in total. The first-order valence-corrected chi connectivity index (χ1v) is 21.8. The molecule has 1 aromatic carbocycles. The van der Waals surface area contributed by atoms with Gasteiger partial charge in [-0.3, -0.25) is 33.7 Å². The summed E-state index contributed by atoms with van der Waals surface area (Å²) >= 11 is 1.14. The zero-order valence-electron chi connectivity index (χ0n) is 35.7. The molecule has 0 spiro atoms. The Morgan fingerprint density at radius 2 is 1.71 bits per heavy atom. The Balaban J connectivity index is 1.93. The zero-order valence-corrected chi connectivity index (χ0v) is 36.5. The molecule has 0 aliphatic carbocycles. The highest BCUT2D eigenvalue weighted by Gasteiger charge is 2.40. The topological polar surface area (TPSA) is 188 Å². The highest BCUT2D eigenvalue weighted by molar-refractivity contribution is 7.09.